The quantitative estimate of drug-likeness (QED) is 0.766. The topological polar surface area (TPSA) is 12.0 Å². The molecule has 1 N–H and O–H groups in total. The summed E-state index contributed by atoms with van der Waals surface area (Å²) in [6.45, 7) is 10.9. The zero-order valence-electron chi connectivity index (χ0n) is 12.0. The molecule has 0 radical (unpaired) electrons. The highest BCUT2D eigenvalue weighted by molar-refractivity contribution is 5.13. The first kappa shape index (κ1) is 16.2. The number of nitrogens with one attached hydrogen (secondary N) is 1. The van der Waals surface area contributed by atoms with E-state index in [4.69, 9.17) is 0 Å². The Kier molecular flexibility index (Phi) is 11.1. The van der Waals surface area contributed by atoms with E-state index in [2.05, 4.69) is 43.4 Å². The number of benzene rings is 1. The number of hydrogen-bond acceptors (Lipinski definition) is 1. The first-order valence-electron chi connectivity index (χ1n) is 7.07. The van der Waals surface area contributed by atoms with Crippen molar-refractivity contribution in [2.45, 2.75) is 47.0 Å². The molecule has 0 saturated carbocycles. The molecule has 1 aromatic rings. The van der Waals surface area contributed by atoms with E-state index < -0.39 is 0 Å². The zero-order chi connectivity index (χ0) is 12.9. The van der Waals surface area contributed by atoms with Crippen LogP contribution in [-0.4, -0.2) is 13.1 Å². The number of rotatable bonds is 1. The average molecular weight is 235 g/mol. The van der Waals surface area contributed by atoms with Crippen LogP contribution >= 0.6 is 0 Å². The Balaban J connectivity index is 0.000000265. The van der Waals surface area contributed by atoms with Crippen LogP contribution in [0.5, 0.6) is 0 Å². The molecule has 1 atom stereocenters. The molecule has 0 spiro atoms. The molecule has 0 amide bonds. The summed E-state index contributed by atoms with van der Waals surface area (Å²) in [7, 11) is 0. The van der Waals surface area contributed by atoms with Crippen molar-refractivity contribution in [1.82, 2.24) is 5.32 Å². The van der Waals surface area contributed by atoms with Gasteiger partial charge in [-0.25, -0.2) is 0 Å². The smallest absolute Gasteiger partial charge is 0.00231 e. The van der Waals surface area contributed by atoms with Crippen LogP contribution in [0.3, 0.4) is 0 Å². The van der Waals surface area contributed by atoms with E-state index in [9.17, 15) is 0 Å². The van der Waals surface area contributed by atoms with Crippen LogP contribution in [0.1, 0.15) is 46.1 Å². The molecule has 2 rings (SSSR count). The minimum atomic E-state index is 0.925. The maximum absolute atomic E-state index is 3.33. The molecule has 0 aliphatic carbocycles. The van der Waals surface area contributed by atoms with E-state index in [0.717, 1.165) is 12.3 Å². The minimum absolute atomic E-state index is 0.925. The van der Waals surface area contributed by atoms with Crippen molar-refractivity contribution >= 4 is 0 Å². The van der Waals surface area contributed by atoms with Gasteiger partial charge >= 0.3 is 0 Å². The van der Waals surface area contributed by atoms with Crippen LogP contribution in [-0.2, 0) is 6.42 Å². The Morgan fingerprint density at radius 2 is 1.82 bits per heavy atom. The summed E-state index contributed by atoms with van der Waals surface area (Å²) < 4.78 is 0. The summed E-state index contributed by atoms with van der Waals surface area (Å²) in [5.41, 5.74) is 1.41. The molecule has 1 heteroatoms. The largest absolute Gasteiger partial charge is 0.316 e. The van der Waals surface area contributed by atoms with Gasteiger partial charge in [-0.1, -0.05) is 58.0 Å². The van der Waals surface area contributed by atoms with Gasteiger partial charge in [0.05, 0.1) is 0 Å². The van der Waals surface area contributed by atoms with Gasteiger partial charge in [-0.05, 0) is 43.8 Å². The van der Waals surface area contributed by atoms with E-state index in [1.165, 1.54) is 31.5 Å². The fraction of sp³-hybridized carbons (Fsp3) is 0.625. The molecular weight excluding hydrogens is 206 g/mol. The minimum Gasteiger partial charge on any atom is -0.316 e. The second-order valence-corrected chi connectivity index (χ2v) is 4.29. The molecule has 1 heterocycles. The summed E-state index contributed by atoms with van der Waals surface area (Å²) in [6, 6.07) is 10.5. The Morgan fingerprint density at radius 1 is 1.18 bits per heavy atom. The SMILES string of the molecule is CC.CC1CCCNC1.CCc1ccccc1. The van der Waals surface area contributed by atoms with E-state index in [1.807, 2.05) is 19.9 Å². The molecule has 0 aromatic heterocycles. The van der Waals surface area contributed by atoms with Crippen molar-refractivity contribution in [3.63, 3.8) is 0 Å². The normalized spacial score (nSPS) is 18.2. The van der Waals surface area contributed by atoms with Gasteiger partial charge in [0.15, 0.2) is 0 Å². The van der Waals surface area contributed by atoms with Gasteiger partial charge in [0, 0.05) is 0 Å². The Labute approximate surface area is 108 Å². The maximum atomic E-state index is 3.33. The summed E-state index contributed by atoms with van der Waals surface area (Å²) in [4.78, 5) is 0. The van der Waals surface area contributed by atoms with Crippen molar-refractivity contribution in [2.75, 3.05) is 13.1 Å². The maximum Gasteiger partial charge on any atom is -0.00231 e. The van der Waals surface area contributed by atoms with Gasteiger partial charge in [0.2, 0.25) is 0 Å². The number of aryl methyl sites for hydroxylation is 1. The van der Waals surface area contributed by atoms with Gasteiger partial charge < -0.3 is 5.32 Å². The Hall–Kier alpha value is -0.820. The van der Waals surface area contributed by atoms with Gasteiger partial charge in [0.1, 0.15) is 0 Å². The van der Waals surface area contributed by atoms with Crippen LogP contribution in [0.4, 0.5) is 0 Å². The zero-order valence-corrected chi connectivity index (χ0v) is 12.0. The van der Waals surface area contributed by atoms with Crippen LogP contribution < -0.4 is 5.32 Å². The molecule has 1 aromatic carbocycles. The van der Waals surface area contributed by atoms with E-state index in [-0.39, 0.29) is 0 Å². The molecule has 1 aliphatic rings. The summed E-state index contributed by atoms with van der Waals surface area (Å²) in [5.74, 6) is 0.925. The van der Waals surface area contributed by atoms with E-state index in [0.29, 0.717) is 0 Å². The molecule has 0 bridgehead atoms. The fourth-order valence-electron chi connectivity index (χ4n) is 1.74. The van der Waals surface area contributed by atoms with Gasteiger partial charge in [-0.3, -0.25) is 0 Å². The first-order valence-corrected chi connectivity index (χ1v) is 7.07. The van der Waals surface area contributed by atoms with Crippen LogP contribution in [0.25, 0.3) is 0 Å². The van der Waals surface area contributed by atoms with Crippen molar-refractivity contribution < 1.29 is 0 Å². The predicted molar refractivity (Wildman–Crippen MR) is 78.4 cm³/mol. The predicted octanol–water partition coefficient (Wildman–Crippen LogP) is 4.28. The lowest BCUT2D eigenvalue weighted by Gasteiger charge is -2.17. The third-order valence-corrected chi connectivity index (χ3v) is 2.79. The number of hydrogen-bond donors (Lipinski definition) is 1. The Morgan fingerprint density at radius 3 is 2.12 bits per heavy atom. The average Bonchev–Trinajstić information content (AvgIpc) is 2.43. The van der Waals surface area contributed by atoms with Gasteiger partial charge in [-0.15, -0.1) is 0 Å². The van der Waals surface area contributed by atoms with Gasteiger partial charge in [-0.2, -0.15) is 0 Å². The molecule has 17 heavy (non-hydrogen) atoms. The van der Waals surface area contributed by atoms with Crippen molar-refractivity contribution in [1.29, 1.82) is 0 Å². The molecule has 98 valence electrons. The summed E-state index contributed by atoms with van der Waals surface area (Å²) >= 11 is 0. The lowest BCUT2D eigenvalue weighted by molar-refractivity contribution is 0.405. The van der Waals surface area contributed by atoms with E-state index in [1.54, 1.807) is 0 Å². The standard InChI is InChI=1S/C8H10.C6H13N.C2H6/c1-2-8-6-4-3-5-7-8;1-6-3-2-4-7-5-6;1-2/h3-7H,2H2,1H3;6-7H,2-5H2,1H3;1-2H3. The third kappa shape index (κ3) is 8.93. The van der Waals surface area contributed by atoms with Crippen molar-refractivity contribution in [3.05, 3.63) is 35.9 Å². The second-order valence-electron chi connectivity index (χ2n) is 4.29. The summed E-state index contributed by atoms with van der Waals surface area (Å²) in [5, 5.41) is 3.33. The van der Waals surface area contributed by atoms with Crippen LogP contribution in [0.15, 0.2) is 30.3 Å². The molecule has 1 unspecified atom stereocenters. The fourth-order valence-corrected chi connectivity index (χ4v) is 1.74. The molecular formula is C16H29N. The summed E-state index contributed by atoms with van der Waals surface area (Å²) in [6.07, 6.45) is 3.94. The molecule has 1 nitrogen and oxygen atoms in total. The molecule has 1 aliphatic heterocycles. The first-order chi connectivity index (χ1) is 8.33. The second kappa shape index (κ2) is 11.7. The highest BCUT2D eigenvalue weighted by atomic mass is 14.9. The highest BCUT2D eigenvalue weighted by Crippen LogP contribution is 2.06. The lowest BCUT2D eigenvalue weighted by Crippen LogP contribution is -2.27. The van der Waals surface area contributed by atoms with E-state index >= 15 is 0 Å². The monoisotopic (exact) mass is 235 g/mol. The van der Waals surface area contributed by atoms with Crippen molar-refractivity contribution in [3.8, 4) is 0 Å². The Bertz CT molecular complexity index is 237. The lowest BCUT2D eigenvalue weighted by atomic mass is 10.0. The van der Waals surface area contributed by atoms with Gasteiger partial charge in [0.25, 0.3) is 0 Å². The third-order valence-electron chi connectivity index (χ3n) is 2.79. The number of piperidine rings is 1. The molecule has 1 fully saturated rings. The molecule has 1 saturated heterocycles. The van der Waals surface area contributed by atoms with Crippen LogP contribution in [0.2, 0.25) is 0 Å². The highest BCUT2D eigenvalue weighted by Gasteiger charge is 2.04. The van der Waals surface area contributed by atoms with Crippen molar-refractivity contribution in [2.24, 2.45) is 5.92 Å². The van der Waals surface area contributed by atoms with Crippen LogP contribution in [0, 0.1) is 5.92 Å².